The standard InChI is InChI=1S/C19H16ClF2N5S/c20-16-7-14-18(24-10-25-19(14)28-16)26-13-1-3-27(4-2-13)9-11-5-12(8-23)17(22)15(21)6-11/h5-7,10,13H,1-4,9H2,(H,24,25,26)/i1D2,2D2,7D,9D,10D,13D/hD. The van der Waals surface area contributed by atoms with Crippen molar-refractivity contribution in [2.45, 2.75) is 25.3 Å². The molecule has 1 aromatic carbocycles. The van der Waals surface area contributed by atoms with Crippen LogP contribution in [0.5, 0.6) is 0 Å². The van der Waals surface area contributed by atoms with Crippen LogP contribution < -0.4 is 5.31 Å². The number of thiophene rings is 1. The number of anilines is 1. The molecule has 0 spiro atoms. The molecule has 1 atom stereocenters. The first kappa shape index (κ1) is 11.0. The summed E-state index contributed by atoms with van der Waals surface area (Å²) in [6, 6.07) is -0.320. The summed E-state index contributed by atoms with van der Waals surface area (Å²) in [6.45, 7) is -3.22. The molecule has 0 aliphatic carbocycles. The van der Waals surface area contributed by atoms with Crippen molar-refractivity contribution in [1.82, 2.24) is 14.9 Å². The van der Waals surface area contributed by atoms with Crippen molar-refractivity contribution < 1.29 is 21.2 Å². The molecule has 4 rings (SSSR count). The summed E-state index contributed by atoms with van der Waals surface area (Å²) in [6.07, 6.45) is -6.40. The number of halogens is 3. The van der Waals surface area contributed by atoms with Gasteiger partial charge >= 0.3 is 0 Å². The fourth-order valence-corrected chi connectivity index (χ4v) is 3.49. The second-order valence-corrected chi connectivity index (χ2v) is 7.25. The van der Waals surface area contributed by atoms with Crippen molar-refractivity contribution in [2.24, 2.45) is 0 Å². The van der Waals surface area contributed by atoms with Gasteiger partial charge in [0, 0.05) is 32.5 Å². The highest BCUT2D eigenvalue weighted by Gasteiger charge is 2.21. The second-order valence-electron chi connectivity index (χ2n) is 5.65. The fourth-order valence-electron chi connectivity index (χ4n) is 2.52. The Balaban J connectivity index is 1.77. The lowest BCUT2D eigenvalue weighted by Gasteiger charge is -2.32. The van der Waals surface area contributed by atoms with E-state index in [4.69, 9.17) is 29.2 Å². The minimum Gasteiger partial charge on any atom is -0.367 e. The number of piperidine rings is 1. The Morgan fingerprint density at radius 3 is 3.04 bits per heavy atom. The molecule has 0 saturated carbocycles. The van der Waals surface area contributed by atoms with Crippen molar-refractivity contribution in [2.75, 3.05) is 18.4 Å². The van der Waals surface area contributed by atoms with E-state index in [-0.39, 0.29) is 31.5 Å². The first-order chi connectivity index (χ1) is 17.1. The van der Waals surface area contributed by atoms with E-state index in [0.717, 1.165) is 22.3 Å². The normalized spacial score (nSPS) is 26.1. The lowest BCUT2D eigenvalue weighted by Crippen LogP contribution is -2.38. The number of nitriles is 1. The highest BCUT2D eigenvalue weighted by molar-refractivity contribution is 7.22. The van der Waals surface area contributed by atoms with Crippen molar-refractivity contribution in [3.63, 3.8) is 0 Å². The van der Waals surface area contributed by atoms with Crippen LogP contribution in [0.4, 0.5) is 14.6 Å². The predicted molar refractivity (Wildman–Crippen MR) is 105 cm³/mol. The molecule has 1 aliphatic rings. The number of nitrogens with zero attached hydrogens (tertiary/aromatic N) is 4. The fraction of sp³-hybridized carbons (Fsp3) is 0.316. The van der Waals surface area contributed by atoms with E-state index in [1.54, 1.807) is 0 Å². The van der Waals surface area contributed by atoms with Gasteiger partial charge in [0.15, 0.2) is 13.0 Å². The van der Waals surface area contributed by atoms with Crippen molar-refractivity contribution in [1.29, 1.82) is 5.26 Å². The molecular weight excluding hydrogens is 404 g/mol. The Morgan fingerprint density at radius 2 is 2.29 bits per heavy atom. The number of aromatic nitrogens is 2. The number of nitrogens with one attached hydrogen (secondary N) is 1. The summed E-state index contributed by atoms with van der Waals surface area (Å²) in [5, 5.41) is 9.05. The van der Waals surface area contributed by atoms with Crippen LogP contribution in [0.2, 0.25) is 5.75 Å². The molecule has 3 heterocycles. The maximum absolute atomic E-state index is 14.0. The smallest absolute Gasteiger partial charge is 0.176 e. The molecule has 0 radical (unpaired) electrons. The van der Waals surface area contributed by atoms with Gasteiger partial charge in [-0.05, 0) is 36.5 Å². The molecule has 1 fully saturated rings. The molecule has 1 saturated heterocycles. The quantitative estimate of drug-likeness (QED) is 0.659. The Morgan fingerprint density at radius 1 is 1.50 bits per heavy atom. The van der Waals surface area contributed by atoms with Crippen LogP contribution in [-0.2, 0) is 6.52 Å². The average Bonchev–Trinajstić information content (AvgIpc) is 3.09. The van der Waals surface area contributed by atoms with Crippen LogP contribution >= 0.6 is 22.9 Å². The summed E-state index contributed by atoms with van der Waals surface area (Å²) in [5.74, 6) is -3.37. The van der Waals surface area contributed by atoms with E-state index in [2.05, 4.69) is 9.97 Å². The molecule has 2 aromatic heterocycles. The third kappa shape index (κ3) is 3.92. The molecule has 1 unspecified atom stereocenters. The predicted octanol–water partition coefficient (Wildman–Crippen LogP) is 4.57. The molecular formula is C19H16ClF2N5S. The van der Waals surface area contributed by atoms with Gasteiger partial charge in [0.2, 0.25) is 0 Å². The van der Waals surface area contributed by atoms with Crippen molar-refractivity contribution in [3.05, 3.63) is 51.6 Å². The number of hydrogen-bond acceptors (Lipinski definition) is 6. The zero-order chi connectivity index (χ0) is 27.7. The monoisotopic (exact) mass is 428 g/mol. The van der Waals surface area contributed by atoms with E-state index in [1.807, 2.05) is 0 Å². The lowest BCUT2D eigenvalue weighted by molar-refractivity contribution is 0.211. The first-order valence-electron chi connectivity index (χ1n) is 12.4. The second kappa shape index (κ2) is 7.95. The van der Waals surface area contributed by atoms with Gasteiger partial charge in [-0.25, -0.2) is 18.7 Å². The minimum absolute atomic E-state index is 0.0299. The maximum atomic E-state index is 14.0. The van der Waals surface area contributed by atoms with Crippen LogP contribution in [0.15, 0.2) is 24.5 Å². The van der Waals surface area contributed by atoms with Gasteiger partial charge < -0.3 is 5.31 Å². The topological polar surface area (TPSA) is 64.8 Å². The van der Waals surface area contributed by atoms with E-state index in [9.17, 15) is 8.78 Å². The summed E-state index contributed by atoms with van der Waals surface area (Å²) in [5.41, 5.74) is -0.910. The third-order valence-electron chi connectivity index (χ3n) is 3.77. The summed E-state index contributed by atoms with van der Waals surface area (Å²) < 4.78 is 104. The lowest BCUT2D eigenvalue weighted by atomic mass is 10.0. The zero-order valence-corrected chi connectivity index (χ0v) is 15.5. The van der Waals surface area contributed by atoms with Crippen LogP contribution in [0.3, 0.4) is 0 Å². The van der Waals surface area contributed by atoms with Crippen LogP contribution in [0, 0.1) is 23.0 Å². The number of benzene rings is 1. The van der Waals surface area contributed by atoms with Crippen LogP contribution in [0.25, 0.3) is 10.2 Å². The molecule has 28 heavy (non-hydrogen) atoms. The maximum Gasteiger partial charge on any atom is 0.176 e. The van der Waals surface area contributed by atoms with Gasteiger partial charge in [-0.15, -0.1) is 11.3 Å². The van der Waals surface area contributed by atoms with Crippen LogP contribution in [0.1, 0.15) is 34.8 Å². The Bertz CT molecular complexity index is 1430. The largest absolute Gasteiger partial charge is 0.367 e. The van der Waals surface area contributed by atoms with Gasteiger partial charge in [0.25, 0.3) is 0 Å². The number of rotatable bonds is 4. The SMILES string of the molecule is [2H]c1nc(N([2H])C2([2H])C([2H])([2H])CN(C([2H])c3cc(F)c(F)c(C#N)c3)CC2([2H])[2H])c2c([2H])c(Cl)sc2n1. The summed E-state index contributed by atoms with van der Waals surface area (Å²) >= 11 is 6.81. The molecule has 3 aromatic rings. The number of hydrogen-bond donors (Lipinski definition) is 1. The first-order valence-corrected chi connectivity index (χ1v) is 9.03. The highest BCUT2D eigenvalue weighted by atomic mass is 35.5. The van der Waals surface area contributed by atoms with Crippen molar-refractivity contribution >= 4 is 39.0 Å². The van der Waals surface area contributed by atoms with Gasteiger partial charge in [-0.1, -0.05) is 11.6 Å². The highest BCUT2D eigenvalue weighted by Crippen LogP contribution is 2.32. The molecule has 1 N–H and O–H groups in total. The van der Waals surface area contributed by atoms with Gasteiger partial charge in [0.05, 0.1) is 18.0 Å². The molecule has 9 heteroatoms. The Kier molecular flexibility index (Phi) is 3.13. The van der Waals surface area contributed by atoms with Gasteiger partial charge in [-0.3, -0.25) is 4.90 Å². The van der Waals surface area contributed by atoms with Crippen molar-refractivity contribution in [3.8, 4) is 6.07 Å². The van der Waals surface area contributed by atoms with E-state index >= 15 is 0 Å². The zero-order valence-electron chi connectivity index (χ0n) is 22.9. The molecule has 144 valence electrons. The number of fused-ring (bicyclic) bond motifs is 1. The van der Waals surface area contributed by atoms with E-state index < -0.39 is 67.7 Å². The Labute approximate surface area is 182 Å². The number of likely N-dealkylation sites (tertiary alicyclic amines) is 1. The van der Waals surface area contributed by atoms with E-state index in [0.29, 0.717) is 6.07 Å². The van der Waals surface area contributed by atoms with Crippen LogP contribution in [-0.4, -0.2) is 34.0 Å². The average molecular weight is 429 g/mol. The molecule has 5 nitrogen and oxygen atoms in total. The van der Waals surface area contributed by atoms with Gasteiger partial charge in [0.1, 0.15) is 24.4 Å². The molecule has 1 aliphatic heterocycles. The van der Waals surface area contributed by atoms with Gasteiger partial charge in [-0.2, -0.15) is 5.26 Å². The third-order valence-corrected chi connectivity index (χ3v) is 4.87. The summed E-state index contributed by atoms with van der Waals surface area (Å²) in [4.78, 5) is 8.58. The minimum atomic E-state index is -3.02. The molecule has 0 amide bonds. The molecule has 0 bridgehead atoms. The Hall–Kier alpha value is -2.34. The van der Waals surface area contributed by atoms with E-state index in [1.165, 1.54) is 6.07 Å². The summed E-state index contributed by atoms with van der Waals surface area (Å²) in [7, 11) is 0.